The number of rotatable bonds is 1. The van der Waals surface area contributed by atoms with Gasteiger partial charge in [-0.1, -0.05) is 100 Å². The van der Waals surface area contributed by atoms with Crippen LogP contribution in [0.3, 0.4) is 0 Å². The SMILES string of the molecule is CC1(C)c2ccccc2-c2c1ccc1c2C(C)(C)c2nc(-n3c4ccccc4c4ccccc43)ncc2-1. The molecule has 0 fully saturated rings. The predicted octanol–water partition coefficient (Wildman–Crippen LogP) is 8.19. The van der Waals surface area contributed by atoms with E-state index in [4.69, 9.17) is 9.97 Å². The van der Waals surface area contributed by atoms with E-state index in [9.17, 15) is 0 Å². The first-order chi connectivity index (χ1) is 17.9. The van der Waals surface area contributed by atoms with E-state index in [-0.39, 0.29) is 10.8 Å². The summed E-state index contributed by atoms with van der Waals surface area (Å²) in [6, 6.07) is 30.6. The maximum Gasteiger partial charge on any atom is 0.234 e. The van der Waals surface area contributed by atoms with E-state index in [1.165, 1.54) is 44.2 Å². The highest BCUT2D eigenvalue weighted by Gasteiger charge is 2.45. The summed E-state index contributed by atoms with van der Waals surface area (Å²) < 4.78 is 2.22. The summed E-state index contributed by atoms with van der Waals surface area (Å²) in [5.74, 6) is 0.731. The number of hydrogen-bond donors (Lipinski definition) is 0. The second-order valence-corrected chi connectivity index (χ2v) is 11.5. The minimum Gasteiger partial charge on any atom is -0.278 e. The van der Waals surface area contributed by atoms with Crippen LogP contribution in [0.1, 0.15) is 50.1 Å². The Morgan fingerprint density at radius 1 is 0.595 bits per heavy atom. The molecule has 37 heavy (non-hydrogen) atoms. The average Bonchev–Trinajstić information content (AvgIpc) is 3.46. The van der Waals surface area contributed by atoms with E-state index < -0.39 is 0 Å². The molecule has 0 spiro atoms. The lowest BCUT2D eigenvalue weighted by Gasteiger charge is -2.25. The Morgan fingerprint density at radius 3 is 1.97 bits per heavy atom. The van der Waals surface area contributed by atoms with E-state index in [2.05, 4.69) is 117 Å². The molecule has 2 aromatic heterocycles. The highest BCUT2D eigenvalue weighted by molar-refractivity contribution is 6.09. The van der Waals surface area contributed by atoms with Crippen molar-refractivity contribution in [3.05, 3.63) is 114 Å². The van der Waals surface area contributed by atoms with Crippen LogP contribution in [0.25, 0.3) is 50.0 Å². The number of aromatic nitrogens is 3. The average molecular weight is 478 g/mol. The van der Waals surface area contributed by atoms with Crippen LogP contribution in [0.5, 0.6) is 0 Å². The molecule has 0 amide bonds. The molecular formula is C34H27N3. The largest absolute Gasteiger partial charge is 0.278 e. The third kappa shape index (κ3) is 2.47. The van der Waals surface area contributed by atoms with Crippen molar-refractivity contribution in [1.29, 1.82) is 0 Å². The molecule has 0 unspecified atom stereocenters. The van der Waals surface area contributed by atoms with Gasteiger partial charge >= 0.3 is 0 Å². The van der Waals surface area contributed by atoms with Gasteiger partial charge in [0.1, 0.15) is 0 Å². The van der Waals surface area contributed by atoms with E-state index >= 15 is 0 Å². The van der Waals surface area contributed by atoms with Crippen molar-refractivity contribution >= 4 is 21.8 Å². The summed E-state index contributed by atoms with van der Waals surface area (Å²) in [5.41, 5.74) is 12.4. The van der Waals surface area contributed by atoms with Crippen LogP contribution in [0.15, 0.2) is 91.1 Å². The van der Waals surface area contributed by atoms with Crippen molar-refractivity contribution in [2.24, 2.45) is 0 Å². The molecular weight excluding hydrogens is 450 g/mol. The second kappa shape index (κ2) is 6.74. The highest BCUT2D eigenvalue weighted by Crippen LogP contribution is 2.58. The lowest BCUT2D eigenvalue weighted by Crippen LogP contribution is -2.20. The Balaban J connectivity index is 1.40. The minimum atomic E-state index is -0.250. The van der Waals surface area contributed by atoms with Crippen molar-refractivity contribution in [1.82, 2.24) is 14.5 Å². The summed E-state index contributed by atoms with van der Waals surface area (Å²) in [6.45, 7) is 9.35. The van der Waals surface area contributed by atoms with Crippen LogP contribution in [0.2, 0.25) is 0 Å². The van der Waals surface area contributed by atoms with Gasteiger partial charge < -0.3 is 0 Å². The van der Waals surface area contributed by atoms with E-state index in [0.29, 0.717) is 0 Å². The second-order valence-electron chi connectivity index (χ2n) is 11.5. The molecule has 2 aliphatic rings. The fourth-order valence-corrected chi connectivity index (χ4v) is 7.08. The van der Waals surface area contributed by atoms with Crippen molar-refractivity contribution in [2.45, 2.75) is 38.5 Å². The molecule has 178 valence electrons. The van der Waals surface area contributed by atoms with Gasteiger partial charge in [-0.25, -0.2) is 9.97 Å². The van der Waals surface area contributed by atoms with Crippen LogP contribution in [-0.2, 0) is 10.8 Å². The monoisotopic (exact) mass is 477 g/mol. The van der Waals surface area contributed by atoms with Crippen molar-refractivity contribution < 1.29 is 0 Å². The topological polar surface area (TPSA) is 30.7 Å². The highest BCUT2D eigenvalue weighted by atomic mass is 15.2. The van der Waals surface area contributed by atoms with Gasteiger partial charge in [0, 0.05) is 33.4 Å². The molecule has 3 heteroatoms. The van der Waals surface area contributed by atoms with Crippen molar-refractivity contribution in [2.75, 3.05) is 0 Å². The van der Waals surface area contributed by atoms with Crippen LogP contribution in [0.4, 0.5) is 0 Å². The maximum absolute atomic E-state index is 5.33. The van der Waals surface area contributed by atoms with Gasteiger partial charge in [-0.2, -0.15) is 0 Å². The summed E-state index contributed by atoms with van der Waals surface area (Å²) in [5, 5.41) is 2.45. The standard InChI is InChI=1S/C34H27N3/c1-33(2)25-14-8-5-13-23(25)29-26(33)18-17-22-24-19-35-32(36-31(24)34(3,4)30(22)29)37-27-15-9-6-11-20(27)21-12-7-10-16-28(21)37/h5-19H,1-4H3. The molecule has 0 radical (unpaired) electrons. The molecule has 0 aliphatic heterocycles. The Labute approximate surface area is 216 Å². The van der Waals surface area contributed by atoms with E-state index in [1.54, 1.807) is 0 Å². The molecule has 0 saturated carbocycles. The summed E-state index contributed by atoms with van der Waals surface area (Å²) in [7, 11) is 0. The fraction of sp³-hybridized carbons (Fsp3) is 0.176. The first-order valence-electron chi connectivity index (χ1n) is 13.0. The molecule has 0 saturated heterocycles. The number of benzene rings is 4. The molecule has 6 aromatic rings. The summed E-state index contributed by atoms with van der Waals surface area (Å²) >= 11 is 0. The summed E-state index contributed by atoms with van der Waals surface area (Å²) in [4.78, 5) is 10.3. The minimum absolute atomic E-state index is 0.0222. The van der Waals surface area contributed by atoms with E-state index in [0.717, 1.165) is 28.2 Å². The van der Waals surface area contributed by atoms with Gasteiger partial charge in [-0.3, -0.25) is 4.57 Å². The fourth-order valence-electron chi connectivity index (χ4n) is 7.08. The molecule has 0 bridgehead atoms. The molecule has 2 heterocycles. The smallest absolute Gasteiger partial charge is 0.234 e. The zero-order chi connectivity index (χ0) is 25.1. The third-order valence-electron chi connectivity index (χ3n) is 8.81. The number of nitrogens with zero attached hydrogens (tertiary/aromatic N) is 3. The molecule has 3 nitrogen and oxygen atoms in total. The first kappa shape index (κ1) is 20.9. The van der Waals surface area contributed by atoms with Gasteiger partial charge in [0.25, 0.3) is 0 Å². The zero-order valence-corrected chi connectivity index (χ0v) is 21.5. The number of fused-ring (bicyclic) bond motifs is 10. The van der Waals surface area contributed by atoms with Gasteiger partial charge in [0.05, 0.1) is 16.7 Å². The van der Waals surface area contributed by atoms with Crippen molar-refractivity contribution in [3.63, 3.8) is 0 Å². The zero-order valence-electron chi connectivity index (χ0n) is 21.5. The normalized spacial score (nSPS) is 16.0. The summed E-state index contributed by atoms with van der Waals surface area (Å²) in [6.07, 6.45) is 2.05. The lowest BCUT2D eigenvalue weighted by molar-refractivity contribution is 0.628. The van der Waals surface area contributed by atoms with Gasteiger partial charge in [-0.05, 0) is 45.5 Å². The van der Waals surface area contributed by atoms with Gasteiger partial charge in [-0.15, -0.1) is 0 Å². The Kier molecular flexibility index (Phi) is 3.81. The first-order valence-corrected chi connectivity index (χ1v) is 13.0. The molecule has 0 N–H and O–H groups in total. The lowest BCUT2D eigenvalue weighted by atomic mass is 9.78. The van der Waals surface area contributed by atoms with Crippen LogP contribution in [0, 0.1) is 0 Å². The van der Waals surface area contributed by atoms with Gasteiger partial charge in [0.2, 0.25) is 5.95 Å². The molecule has 8 rings (SSSR count). The number of para-hydroxylation sites is 2. The Bertz CT molecular complexity index is 1880. The Morgan fingerprint density at radius 2 is 1.24 bits per heavy atom. The Hall–Kier alpha value is -4.24. The van der Waals surface area contributed by atoms with E-state index in [1.807, 2.05) is 6.20 Å². The molecule has 0 atom stereocenters. The van der Waals surface area contributed by atoms with Crippen LogP contribution >= 0.6 is 0 Å². The quantitative estimate of drug-likeness (QED) is 0.239. The maximum atomic E-state index is 5.33. The predicted molar refractivity (Wildman–Crippen MR) is 151 cm³/mol. The van der Waals surface area contributed by atoms with Crippen molar-refractivity contribution in [3.8, 4) is 28.2 Å². The molecule has 2 aliphatic carbocycles. The van der Waals surface area contributed by atoms with Gasteiger partial charge in [0.15, 0.2) is 0 Å². The van der Waals surface area contributed by atoms with Crippen LogP contribution in [-0.4, -0.2) is 14.5 Å². The third-order valence-corrected chi connectivity index (χ3v) is 8.81. The molecule has 4 aromatic carbocycles. The van der Waals surface area contributed by atoms with Crippen LogP contribution < -0.4 is 0 Å². The number of hydrogen-bond acceptors (Lipinski definition) is 2.